The molecule has 1 aromatic heterocycles. The number of alkyl halides is 3. The fourth-order valence-electron chi connectivity index (χ4n) is 4.53. The maximum atomic E-state index is 13.0. The van der Waals surface area contributed by atoms with Crippen LogP contribution in [0.25, 0.3) is 0 Å². The van der Waals surface area contributed by atoms with Crippen molar-refractivity contribution in [2.24, 2.45) is 5.92 Å². The maximum Gasteiger partial charge on any atom is 0.417 e. The number of nitrogens with zero attached hydrogens (tertiary/aromatic N) is 3. The van der Waals surface area contributed by atoms with Crippen LogP contribution < -0.4 is 4.90 Å². The number of halogens is 3. The predicted octanol–water partition coefficient (Wildman–Crippen LogP) is 5.51. The van der Waals surface area contributed by atoms with E-state index in [1.54, 1.807) is 13.8 Å². The van der Waals surface area contributed by atoms with Crippen LogP contribution in [0.1, 0.15) is 56.4 Å². The topological polar surface area (TPSA) is 56.7 Å². The lowest BCUT2D eigenvalue weighted by molar-refractivity contribution is -0.142. The Morgan fingerprint density at radius 1 is 1.15 bits per heavy atom. The van der Waals surface area contributed by atoms with Crippen LogP contribution in [0, 0.1) is 12.8 Å². The Kier molecular flexibility index (Phi) is 7.60. The molecule has 0 bridgehead atoms. The summed E-state index contributed by atoms with van der Waals surface area (Å²) in [6.07, 6.45) is -2.60. The average molecular weight is 478 g/mol. The van der Waals surface area contributed by atoms with Gasteiger partial charge in [0.25, 0.3) is 0 Å². The highest BCUT2D eigenvalue weighted by molar-refractivity contribution is 5.80. The summed E-state index contributed by atoms with van der Waals surface area (Å²) in [6, 6.07) is 8.67. The summed E-state index contributed by atoms with van der Waals surface area (Å²) in [4.78, 5) is 20.3. The van der Waals surface area contributed by atoms with Gasteiger partial charge in [-0.05, 0) is 56.4 Å². The third kappa shape index (κ3) is 6.09. The molecular weight excluding hydrogens is 443 g/mol. The molecule has 5 nitrogen and oxygen atoms in total. The van der Waals surface area contributed by atoms with E-state index in [0.717, 1.165) is 48.5 Å². The van der Waals surface area contributed by atoms with Gasteiger partial charge in [0.15, 0.2) is 0 Å². The summed E-state index contributed by atoms with van der Waals surface area (Å²) >= 11 is 0. The second-order valence-electron chi connectivity index (χ2n) is 10.3. The lowest BCUT2D eigenvalue weighted by atomic mass is 9.83. The van der Waals surface area contributed by atoms with Gasteiger partial charge in [-0.2, -0.15) is 13.2 Å². The van der Waals surface area contributed by atoms with E-state index in [-0.39, 0.29) is 6.04 Å². The lowest BCUT2D eigenvalue weighted by Gasteiger charge is -2.43. The maximum absolute atomic E-state index is 13.0. The molecule has 186 valence electrons. The number of hydrogen-bond donors (Lipinski definition) is 1. The molecule has 0 unspecified atom stereocenters. The first-order valence-corrected chi connectivity index (χ1v) is 11.6. The van der Waals surface area contributed by atoms with Gasteiger partial charge in [0.05, 0.1) is 11.0 Å². The Morgan fingerprint density at radius 3 is 2.41 bits per heavy atom. The number of aliphatic carboxylic acids is 1. The van der Waals surface area contributed by atoms with Crippen molar-refractivity contribution in [1.29, 1.82) is 0 Å². The first kappa shape index (κ1) is 26.0. The molecule has 0 spiro atoms. The number of piperazine rings is 1. The van der Waals surface area contributed by atoms with Gasteiger partial charge >= 0.3 is 12.1 Å². The summed E-state index contributed by atoms with van der Waals surface area (Å²) in [7, 11) is 0. The molecule has 0 radical (unpaired) electrons. The smallest absolute Gasteiger partial charge is 0.417 e. The molecule has 1 aliphatic heterocycles. The number of hydrogen-bond acceptors (Lipinski definition) is 4. The number of benzene rings is 1. The molecule has 1 fully saturated rings. The highest BCUT2D eigenvalue weighted by atomic mass is 19.4. The molecule has 0 amide bonds. The highest BCUT2D eigenvalue weighted by Gasteiger charge is 2.33. The molecule has 0 saturated carbocycles. The number of carboxylic acids is 1. The Labute approximate surface area is 199 Å². The molecule has 2 heterocycles. The van der Waals surface area contributed by atoms with E-state index in [9.17, 15) is 23.1 Å². The van der Waals surface area contributed by atoms with Gasteiger partial charge in [-0.25, -0.2) is 4.98 Å². The van der Waals surface area contributed by atoms with Crippen molar-refractivity contribution in [3.8, 4) is 0 Å². The van der Waals surface area contributed by atoms with E-state index in [2.05, 4.69) is 34.7 Å². The first-order chi connectivity index (χ1) is 15.8. The number of carboxylic acid groups (broad SMARTS) is 1. The molecule has 3 rings (SSSR count). The summed E-state index contributed by atoms with van der Waals surface area (Å²) < 4.78 is 38.9. The molecule has 1 N–H and O–H groups in total. The van der Waals surface area contributed by atoms with Crippen LogP contribution in [0.2, 0.25) is 0 Å². The molecule has 34 heavy (non-hydrogen) atoms. The number of aromatic nitrogens is 1. The zero-order valence-electron chi connectivity index (χ0n) is 20.5. The Hall–Kier alpha value is -2.61. The SMILES string of the molecule is Cc1cc(CN2CCN(c3ccc(C(F)(F)F)cn3)[C@H](CC(C)C)C2)cc(C(C)(C)C(=O)O)c1. The van der Waals surface area contributed by atoms with E-state index in [1.807, 2.05) is 19.1 Å². The van der Waals surface area contributed by atoms with Gasteiger partial charge in [-0.1, -0.05) is 37.6 Å². The van der Waals surface area contributed by atoms with E-state index < -0.39 is 23.1 Å². The zero-order valence-corrected chi connectivity index (χ0v) is 20.5. The first-order valence-electron chi connectivity index (χ1n) is 11.6. The number of carbonyl (C=O) groups is 1. The second-order valence-corrected chi connectivity index (χ2v) is 10.3. The zero-order chi connectivity index (χ0) is 25.3. The number of anilines is 1. The predicted molar refractivity (Wildman–Crippen MR) is 127 cm³/mol. The van der Waals surface area contributed by atoms with Crippen LogP contribution in [0.15, 0.2) is 36.5 Å². The van der Waals surface area contributed by atoms with Crippen LogP contribution in [0.5, 0.6) is 0 Å². The van der Waals surface area contributed by atoms with Gasteiger partial charge < -0.3 is 10.0 Å². The van der Waals surface area contributed by atoms with Gasteiger partial charge in [0.1, 0.15) is 5.82 Å². The number of aryl methyl sites for hydroxylation is 1. The van der Waals surface area contributed by atoms with Crippen molar-refractivity contribution in [2.45, 2.75) is 65.2 Å². The van der Waals surface area contributed by atoms with Crippen molar-refractivity contribution < 1.29 is 23.1 Å². The van der Waals surface area contributed by atoms with Crippen LogP contribution >= 0.6 is 0 Å². The summed E-state index contributed by atoms with van der Waals surface area (Å²) in [5.74, 6) is 0.127. The van der Waals surface area contributed by atoms with Crippen LogP contribution in [0.4, 0.5) is 19.0 Å². The minimum atomic E-state index is -4.40. The molecule has 2 aromatic rings. The second kappa shape index (κ2) is 9.94. The molecule has 1 aromatic carbocycles. The molecule has 1 aliphatic rings. The summed E-state index contributed by atoms with van der Waals surface area (Å²) in [5.41, 5.74) is 1.14. The number of pyridine rings is 1. The third-order valence-corrected chi connectivity index (χ3v) is 6.48. The standard InChI is InChI=1S/C26H34F3N3O2/c1-17(2)10-22-16-31(8-9-32(22)23-7-6-20(14-30-23)26(27,28)29)15-19-11-18(3)12-21(13-19)25(4,5)24(33)34/h6-7,11-14,17,22H,8-10,15-16H2,1-5H3,(H,33,34)/t22-/m1/s1. The van der Waals surface area contributed by atoms with Crippen molar-refractivity contribution in [3.05, 3.63) is 58.8 Å². The lowest BCUT2D eigenvalue weighted by Crippen LogP contribution is -2.53. The summed E-state index contributed by atoms with van der Waals surface area (Å²) in [5, 5.41) is 9.63. The average Bonchev–Trinajstić information content (AvgIpc) is 2.72. The minimum absolute atomic E-state index is 0.123. The summed E-state index contributed by atoms with van der Waals surface area (Å²) in [6.45, 7) is 12.5. The normalized spacial score (nSPS) is 17.9. The van der Waals surface area contributed by atoms with Crippen LogP contribution in [0.3, 0.4) is 0 Å². The molecule has 8 heteroatoms. The van der Waals surface area contributed by atoms with Crippen LogP contribution in [-0.4, -0.2) is 46.6 Å². The van der Waals surface area contributed by atoms with Gasteiger partial charge in [0.2, 0.25) is 0 Å². The van der Waals surface area contributed by atoms with Crippen molar-refractivity contribution >= 4 is 11.8 Å². The van der Waals surface area contributed by atoms with E-state index in [0.29, 0.717) is 24.8 Å². The van der Waals surface area contributed by atoms with Gasteiger partial charge in [0, 0.05) is 38.4 Å². The third-order valence-electron chi connectivity index (χ3n) is 6.48. The Morgan fingerprint density at radius 2 is 1.85 bits per heavy atom. The van der Waals surface area contributed by atoms with Crippen molar-refractivity contribution in [2.75, 3.05) is 24.5 Å². The van der Waals surface area contributed by atoms with Crippen molar-refractivity contribution in [3.63, 3.8) is 0 Å². The molecule has 0 aliphatic carbocycles. The fourth-order valence-corrected chi connectivity index (χ4v) is 4.53. The minimum Gasteiger partial charge on any atom is -0.481 e. The van der Waals surface area contributed by atoms with Crippen molar-refractivity contribution in [1.82, 2.24) is 9.88 Å². The van der Waals surface area contributed by atoms with E-state index in [1.165, 1.54) is 6.07 Å². The van der Waals surface area contributed by atoms with E-state index in [4.69, 9.17) is 0 Å². The Bertz CT molecular complexity index is 1000. The van der Waals surface area contributed by atoms with Crippen LogP contribution in [-0.2, 0) is 22.9 Å². The fraction of sp³-hybridized carbons (Fsp3) is 0.538. The number of rotatable bonds is 7. The molecule has 1 atom stereocenters. The largest absolute Gasteiger partial charge is 0.481 e. The highest BCUT2D eigenvalue weighted by Crippen LogP contribution is 2.31. The Balaban J connectivity index is 1.79. The monoisotopic (exact) mass is 477 g/mol. The van der Waals surface area contributed by atoms with Gasteiger partial charge in [-0.3, -0.25) is 9.69 Å². The quantitative estimate of drug-likeness (QED) is 0.570. The molecular formula is C26H34F3N3O2. The van der Waals surface area contributed by atoms with Gasteiger partial charge in [-0.15, -0.1) is 0 Å². The molecule has 1 saturated heterocycles. The van der Waals surface area contributed by atoms with E-state index >= 15 is 0 Å².